The second-order valence-electron chi connectivity index (χ2n) is 4.55. The highest BCUT2D eigenvalue weighted by Crippen LogP contribution is 2.16. The Bertz CT molecular complexity index is 379. The first kappa shape index (κ1) is 16.0. The lowest BCUT2D eigenvalue weighted by Gasteiger charge is -2.16. The summed E-state index contributed by atoms with van der Waals surface area (Å²) in [4.78, 5) is 0. The second kappa shape index (κ2) is 7.50. The Morgan fingerprint density at radius 3 is 2.58 bits per heavy atom. The first-order chi connectivity index (χ1) is 8.90. The predicted molar refractivity (Wildman–Crippen MR) is 69.1 cm³/mol. The highest BCUT2D eigenvalue weighted by molar-refractivity contribution is 5.28. The zero-order valence-electron chi connectivity index (χ0n) is 11.3. The van der Waals surface area contributed by atoms with E-state index < -0.39 is 12.8 Å². The summed E-state index contributed by atoms with van der Waals surface area (Å²) in [5, 5.41) is 3.28. The van der Waals surface area contributed by atoms with Gasteiger partial charge in [0.05, 0.1) is 0 Å². The Morgan fingerprint density at radius 1 is 1.26 bits per heavy atom. The summed E-state index contributed by atoms with van der Waals surface area (Å²) in [6.07, 6.45) is -3.67. The first-order valence-electron chi connectivity index (χ1n) is 6.33. The average molecular weight is 275 g/mol. The number of alkyl halides is 3. The van der Waals surface area contributed by atoms with Crippen LogP contribution in [0.4, 0.5) is 13.2 Å². The molecule has 0 amide bonds. The van der Waals surface area contributed by atoms with Crippen LogP contribution in [-0.2, 0) is 4.74 Å². The van der Waals surface area contributed by atoms with Gasteiger partial charge < -0.3 is 10.1 Å². The number of rotatable bonds is 7. The number of aryl methyl sites for hydroxylation is 1. The molecular formula is C14H20F3NO. The molecule has 0 aliphatic heterocycles. The van der Waals surface area contributed by atoms with Crippen LogP contribution >= 0.6 is 0 Å². The Labute approximate surface area is 112 Å². The van der Waals surface area contributed by atoms with E-state index in [0.29, 0.717) is 13.0 Å². The van der Waals surface area contributed by atoms with Crippen LogP contribution in [0.1, 0.15) is 30.5 Å². The smallest absolute Gasteiger partial charge is 0.372 e. The number of hydrogen-bond acceptors (Lipinski definition) is 2. The van der Waals surface area contributed by atoms with Crippen molar-refractivity contribution in [1.82, 2.24) is 5.32 Å². The molecule has 0 bridgehead atoms. The Balaban J connectivity index is 2.18. The highest BCUT2D eigenvalue weighted by atomic mass is 19.4. The minimum absolute atomic E-state index is 0.118. The third kappa shape index (κ3) is 6.59. The zero-order valence-corrected chi connectivity index (χ0v) is 11.3. The topological polar surface area (TPSA) is 21.3 Å². The van der Waals surface area contributed by atoms with Crippen LogP contribution in [0.5, 0.6) is 0 Å². The molecule has 0 saturated carbocycles. The van der Waals surface area contributed by atoms with Gasteiger partial charge >= 0.3 is 6.18 Å². The monoisotopic (exact) mass is 275 g/mol. The van der Waals surface area contributed by atoms with Gasteiger partial charge in [-0.2, -0.15) is 13.2 Å². The van der Waals surface area contributed by atoms with Gasteiger partial charge in [-0.05, 0) is 37.9 Å². The van der Waals surface area contributed by atoms with Gasteiger partial charge in [0.25, 0.3) is 0 Å². The molecule has 0 fully saturated rings. The van der Waals surface area contributed by atoms with Crippen LogP contribution in [0.25, 0.3) is 0 Å². The number of benzene rings is 1. The Morgan fingerprint density at radius 2 is 1.95 bits per heavy atom. The van der Waals surface area contributed by atoms with E-state index >= 15 is 0 Å². The van der Waals surface area contributed by atoms with E-state index in [1.165, 1.54) is 11.1 Å². The fourth-order valence-electron chi connectivity index (χ4n) is 1.86. The quantitative estimate of drug-likeness (QED) is 0.767. The molecule has 5 heteroatoms. The van der Waals surface area contributed by atoms with Crippen LogP contribution in [0.3, 0.4) is 0 Å². The number of nitrogens with one attached hydrogen (secondary N) is 1. The van der Waals surface area contributed by atoms with Crippen molar-refractivity contribution in [2.45, 2.75) is 32.5 Å². The summed E-state index contributed by atoms with van der Waals surface area (Å²) in [7, 11) is 0. The molecular weight excluding hydrogens is 255 g/mol. The fourth-order valence-corrected chi connectivity index (χ4v) is 1.86. The predicted octanol–water partition coefficient (Wildman–Crippen LogP) is 3.61. The lowest BCUT2D eigenvalue weighted by molar-refractivity contribution is -0.173. The molecule has 0 radical (unpaired) electrons. The molecule has 0 spiro atoms. The summed E-state index contributed by atoms with van der Waals surface area (Å²) in [6, 6.07) is 8.24. The maximum absolute atomic E-state index is 11.8. The minimum atomic E-state index is -4.23. The van der Waals surface area contributed by atoms with E-state index in [-0.39, 0.29) is 12.6 Å². The van der Waals surface area contributed by atoms with Crippen molar-refractivity contribution in [2.75, 3.05) is 19.8 Å². The minimum Gasteiger partial charge on any atom is -0.372 e. The molecule has 1 atom stereocenters. The van der Waals surface area contributed by atoms with Crippen molar-refractivity contribution >= 4 is 0 Å². The molecule has 0 heterocycles. The van der Waals surface area contributed by atoms with Crippen molar-refractivity contribution in [1.29, 1.82) is 0 Å². The zero-order chi connectivity index (χ0) is 14.3. The van der Waals surface area contributed by atoms with Gasteiger partial charge in [0.1, 0.15) is 6.61 Å². The van der Waals surface area contributed by atoms with Gasteiger partial charge in [-0.15, -0.1) is 0 Å². The molecule has 1 rings (SSSR count). The van der Waals surface area contributed by atoms with Gasteiger partial charge in [-0.1, -0.05) is 24.3 Å². The molecule has 108 valence electrons. The summed E-state index contributed by atoms with van der Waals surface area (Å²) >= 11 is 0. The number of halogens is 3. The van der Waals surface area contributed by atoms with Crippen LogP contribution in [0.2, 0.25) is 0 Å². The Kier molecular flexibility index (Phi) is 6.31. The van der Waals surface area contributed by atoms with Crippen molar-refractivity contribution in [2.24, 2.45) is 0 Å². The standard InChI is InChI=1S/C14H20F3NO/c1-11-6-3-4-7-13(11)12(2)18-8-5-9-19-10-14(15,16)17/h3-4,6-7,12,18H,5,8-10H2,1-2H3/t12-/m0/s1. The van der Waals surface area contributed by atoms with Crippen molar-refractivity contribution in [3.05, 3.63) is 35.4 Å². The van der Waals surface area contributed by atoms with Crippen LogP contribution < -0.4 is 5.32 Å². The lowest BCUT2D eigenvalue weighted by Crippen LogP contribution is -2.23. The SMILES string of the molecule is Cc1ccccc1[C@H](C)NCCCOCC(F)(F)F. The van der Waals surface area contributed by atoms with E-state index in [2.05, 4.69) is 10.1 Å². The van der Waals surface area contributed by atoms with Gasteiger partial charge in [0, 0.05) is 12.6 Å². The third-order valence-electron chi connectivity index (χ3n) is 2.84. The van der Waals surface area contributed by atoms with E-state index in [0.717, 1.165) is 0 Å². The Hall–Kier alpha value is -1.07. The average Bonchev–Trinajstić information content (AvgIpc) is 2.32. The van der Waals surface area contributed by atoms with Gasteiger partial charge in [0.2, 0.25) is 0 Å². The normalized spacial score (nSPS) is 13.5. The largest absolute Gasteiger partial charge is 0.411 e. The van der Waals surface area contributed by atoms with Gasteiger partial charge in [-0.25, -0.2) is 0 Å². The van der Waals surface area contributed by atoms with Crippen molar-refractivity contribution in [3.63, 3.8) is 0 Å². The molecule has 1 aromatic carbocycles. The lowest BCUT2D eigenvalue weighted by atomic mass is 10.0. The maximum atomic E-state index is 11.8. The summed E-state index contributed by atoms with van der Waals surface area (Å²) in [5.41, 5.74) is 2.41. The molecule has 0 aromatic heterocycles. The molecule has 1 N–H and O–H groups in total. The van der Waals surface area contributed by atoms with E-state index in [9.17, 15) is 13.2 Å². The first-order valence-corrected chi connectivity index (χ1v) is 6.33. The third-order valence-corrected chi connectivity index (χ3v) is 2.84. The molecule has 2 nitrogen and oxygen atoms in total. The van der Waals surface area contributed by atoms with Crippen molar-refractivity contribution < 1.29 is 17.9 Å². The summed E-state index contributed by atoms with van der Waals surface area (Å²) in [6.45, 7) is 3.67. The van der Waals surface area contributed by atoms with Crippen LogP contribution in [0, 0.1) is 6.92 Å². The maximum Gasteiger partial charge on any atom is 0.411 e. The molecule has 0 aliphatic carbocycles. The summed E-state index contributed by atoms with van der Waals surface area (Å²) < 4.78 is 40.0. The van der Waals surface area contributed by atoms with E-state index in [4.69, 9.17) is 0 Å². The van der Waals surface area contributed by atoms with Gasteiger partial charge in [0.15, 0.2) is 0 Å². The molecule has 0 unspecified atom stereocenters. The molecule has 0 aliphatic rings. The van der Waals surface area contributed by atoms with Crippen molar-refractivity contribution in [3.8, 4) is 0 Å². The van der Waals surface area contributed by atoms with E-state index in [1.807, 2.05) is 38.1 Å². The molecule has 19 heavy (non-hydrogen) atoms. The number of ether oxygens (including phenoxy) is 1. The van der Waals surface area contributed by atoms with Gasteiger partial charge in [-0.3, -0.25) is 0 Å². The summed E-state index contributed by atoms with van der Waals surface area (Å²) in [5.74, 6) is 0. The molecule has 0 saturated heterocycles. The van der Waals surface area contributed by atoms with E-state index in [1.54, 1.807) is 0 Å². The second-order valence-corrected chi connectivity index (χ2v) is 4.55. The highest BCUT2D eigenvalue weighted by Gasteiger charge is 2.27. The molecule has 1 aromatic rings. The van der Waals surface area contributed by atoms with Crippen LogP contribution in [0.15, 0.2) is 24.3 Å². The fraction of sp³-hybridized carbons (Fsp3) is 0.571. The van der Waals surface area contributed by atoms with Crippen LogP contribution in [-0.4, -0.2) is 25.9 Å². The number of hydrogen-bond donors (Lipinski definition) is 1.